The lowest BCUT2D eigenvalue weighted by Gasteiger charge is -2.32. The van der Waals surface area contributed by atoms with Gasteiger partial charge in [-0.15, -0.1) is 0 Å². The Morgan fingerprint density at radius 3 is 2.36 bits per heavy atom. The Labute approximate surface area is 133 Å². The van der Waals surface area contributed by atoms with Crippen LogP contribution in [0.4, 0.5) is 0 Å². The minimum Gasteiger partial charge on any atom is -0.369 e. The highest BCUT2D eigenvalue weighted by molar-refractivity contribution is 5.79. The fourth-order valence-electron chi connectivity index (χ4n) is 4.26. The van der Waals surface area contributed by atoms with Gasteiger partial charge in [-0.25, -0.2) is 4.98 Å². The van der Waals surface area contributed by atoms with E-state index in [1.807, 2.05) is 6.20 Å². The summed E-state index contributed by atoms with van der Waals surface area (Å²) in [5, 5.41) is 0. The van der Waals surface area contributed by atoms with E-state index in [1.165, 1.54) is 25.0 Å². The number of aromatic amines is 1. The summed E-state index contributed by atoms with van der Waals surface area (Å²) in [5.41, 5.74) is 7.29. The fourth-order valence-corrected chi connectivity index (χ4v) is 4.26. The summed E-state index contributed by atoms with van der Waals surface area (Å²) in [5.74, 6) is 1.90. The van der Waals surface area contributed by atoms with Crippen molar-refractivity contribution >= 4 is 5.91 Å². The Balaban J connectivity index is 1.54. The number of imidazole rings is 1. The van der Waals surface area contributed by atoms with Crippen LogP contribution in [0.2, 0.25) is 0 Å². The van der Waals surface area contributed by atoms with Crippen molar-refractivity contribution in [1.29, 1.82) is 0 Å². The molecule has 2 aliphatic rings. The lowest BCUT2D eigenvalue weighted by atomic mass is 9.73. The molecular formula is C18H29N3O. The lowest BCUT2D eigenvalue weighted by Crippen LogP contribution is -2.24. The zero-order valence-electron chi connectivity index (χ0n) is 14.2. The first-order chi connectivity index (χ1) is 10.2. The minimum atomic E-state index is -0.112. The van der Waals surface area contributed by atoms with Crippen molar-refractivity contribution in [3.63, 3.8) is 0 Å². The summed E-state index contributed by atoms with van der Waals surface area (Å²) < 4.78 is 0. The van der Waals surface area contributed by atoms with Gasteiger partial charge >= 0.3 is 0 Å². The molecule has 0 bridgehead atoms. The van der Waals surface area contributed by atoms with Gasteiger partial charge in [0.25, 0.3) is 0 Å². The Kier molecular flexibility index (Phi) is 3.61. The third-order valence-electron chi connectivity index (χ3n) is 6.29. The summed E-state index contributed by atoms with van der Waals surface area (Å²) in [6.07, 6.45) is 8.37. The average molecular weight is 303 g/mol. The van der Waals surface area contributed by atoms with E-state index in [-0.39, 0.29) is 17.2 Å². The van der Waals surface area contributed by atoms with Gasteiger partial charge in [0.15, 0.2) is 0 Å². The molecule has 1 heterocycles. The molecule has 3 N–H and O–H groups in total. The molecule has 22 heavy (non-hydrogen) atoms. The van der Waals surface area contributed by atoms with Crippen LogP contribution in [0.25, 0.3) is 0 Å². The number of nitrogens with one attached hydrogen (secondary N) is 1. The van der Waals surface area contributed by atoms with Crippen molar-refractivity contribution < 1.29 is 4.79 Å². The molecule has 0 radical (unpaired) electrons. The predicted molar refractivity (Wildman–Crippen MR) is 87.0 cm³/mol. The second-order valence-electron chi connectivity index (χ2n) is 8.78. The molecular weight excluding hydrogens is 274 g/mol. The van der Waals surface area contributed by atoms with Crippen molar-refractivity contribution in [2.75, 3.05) is 0 Å². The number of hydrogen-bond donors (Lipinski definition) is 2. The van der Waals surface area contributed by atoms with Crippen LogP contribution >= 0.6 is 0 Å². The van der Waals surface area contributed by atoms with E-state index in [4.69, 9.17) is 5.73 Å². The Morgan fingerprint density at radius 2 is 1.86 bits per heavy atom. The van der Waals surface area contributed by atoms with E-state index in [9.17, 15) is 4.79 Å². The van der Waals surface area contributed by atoms with Crippen LogP contribution in [0, 0.1) is 28.6 Å². The molecule has 1 aromatic rings. The van der Waals surface area contributed by atoms with Gasteiger partial charge in [-0.2, -0.15) is 0 Å². The van der Waals surface area contributed by atoms with Crippen LogP contribution in [0.15, 0.2) is 12.5 Å². The van der Waals surface area contributed by atoms with Crippen molar-refractivity contribution in [3.8, 4) is 0 Å². The SMILES string of the molecule is CC(C)(CCC(C)(C)[C@@H]1C[C@@H]1C(N)=O)C1CC1c1cnc[nH]1. The average Bonchev–Trinajstić information content (AvgIpc) is 3.34. The zero-order valence-corrected chi connectivity index (χ0v) is 14.2. The summed E-state index contributed by atoms with van der Waals surface area (Å²) in [6.45, 7) is 9.39. The van der Waals surface area contributed by atoms with Gasteiger partial charge in [-0.05, 0) is 48.3 Å². The van der Waals surface area contributed by atoms with Crippen LogP contribution in [0.5, 0.6) is 0 Å². The number of rotatable bonds is 7. The molecule has 122 valence electrons. The van der Waals surface area contributed by atoms with Gasteiger partial charge in [-0.1, -0.05) is 27.7 Å². The van der Waals surface area contributed by atoms with Gasteiger partial charge in [0.1, 0.15) is 0 Å². The molecule has 0 aliphatic heterocycles. The van der Waals surface area contributed by atoms with Gasteiger partial charge in [0.2, 0.25) is 5.91 Å². The van der Waals surface area contributed by atoms with Gasteiger partial charge in [-0.3, -0.25) is 4.79 Å². The second kappa shape index (κ2) is 5.10. The highest BCUT2D eigenvalue weighted by Crippen LogP contribution is 2.60. The van der Waals surface area contributed by atoms with Crippen molar-refractivity contribution in [3.05, 3.63) is 18.2 Å². The Hall–Kier alpha value is -1.32. The fraction of sp³-hybridized carbons (Fsp3) is 0.778. The number of hydrogen-bond acceptors (Lipinski definition) is 2. The molecule has 0 spiro atoms. The van der Waals surface area contributed by atoms with Crippen LogP contribution in [-0.2, 0) is 4.79 Å². The summed E-state index contributed by atoms with van der Waals surface area (Å²) in [7, 11) is 0. The number of H-pyrrole nitrogens is 1. The monoisotopic (exact) mass is 303 g/mol. The van der Waals surface area contributed by atoms with Crippen LogP contribution < -0.4 is 5.73 Å². The third-order valence-corrected chi connectivity index (χ3v) is 6.29. The largest absolute Gasteiger partial charge is 0.369 e. The van der Waals surface area contributed by atoms with E-state index in [0.29, 0.717) is 17.3 Å². The zero-order chi connectivity index (χ0) is 16.1. The number of amides is 1. The summed E-state index contributed by atoms with van der Waals surface area (Å²) in [6, 6.07) is 0. The maximum atomic E-state index is 11.3. The van der Waals surface area contributed by atoms with Gasteiger partial charge < -0.3 is 10.7 Å². The number of carbonyl (C=O) groups is 1. The molecule has 2 aliphatic carbocycles. The molecule has 4 heteroatoms. The molecule has 2 saturated carbocycles. The van der Waals surface area contributed by atoms with Crippen LogP contribution in [-0.4, -0.2) is 15.9 Å². The molecule has 1 amide bonds. The van der Waals surface area contributed by atoms with E-state index in [2.05, 4.69) is 37.7 Å². The topological polar surface area (TPSA) is 71.8 Å². The molecule has 0 aromatic carbocycles. The predicted octanol–water partition coefficient (Wildman–Crippen LogP) is 3.47. The lowest BCUT2D eigenvalue weighted by molar-refractivity contribution is -0.119. The molecule has 1 aromatic heterocycles. The molecule has 4 nitrogen and oxygen atoms in total. The van der Waals surface area contributed by atoms with E-state index in [1.54, 1.807) is 6.33 Å². The molecule has 4 atom stereocenters. The third kappa shape index (κ3) is 2.92. The minimum absolute atomic E-state index is 0.112. The normalized spacial score (nSPS) is 31.1. The standard InChI is InChI=1S/C18H29N3O/c1-17(2,13-7-11(13)15-9-20-10-21-15)5-6-18(3,4)14-8-12(14)16(19)22/h9-14H,5-8H2,1-4H3,(H2,19,22)(H,20,21)/t11?,12-,13?,14+/m0/s1. The van der Waals surface area contributed by atoms with Crippen LogP contribution in [0.3, 0.4) is 0 Å². The number of carbonyl (C=O) groups excluding carboxylic acids is 1. The van der Waals surface area contributed by atoms with Crippen LogP contribution in [0.1, 0.15) is 65.0 Å². The highest BCUT2D eigenvalue weighted by Gasteiger charge is 2.52. The van der Waals surface area contributed by atoms with Crippen molar-refractivity contribution in [2.24, 2.45) is 34.3 Å². The van der Waals surface area contributed by atoms with E-state index >= 15 is 0 Å². The molecule has 2 unspecified atom stereocenters. The summed E-state index contributed by atoms with van der Waals surface area (Å²) in [4.78, 5) is 18.7. The van der Waals surface area contributed by atoms with E-state index in [0.717, 1.165) is 12.3 Å². The Morgan fingerprint density at radius 1 is 1.23 bits per heavy atom. The second-order valence-corrected chi connectivity index (χ2v) is 8.78. The number of nitrogens with two attached hydrogens (primary N) is 1. The number of aromatic nitrogens is 2. The first-order valence-corrected chi connectivity index (χ1v) is 8.50. The maximum Gasteiger partial charge on any atom is 0.220 e. The first-order valence-electron chi connectivity index (χ1n) is 8.50. The smallest absolute Gasteiger partial charge is 0.220 e. The van der Waals surface area contributed by atoms with Gasteiger partial charge in [0.05, 0.1) is 6.33 Å². The Bertz CT molecular complexity index is 547. The van der Waals surface area contributed by atoms with Crippen molar-refractivity contribution in [2.45, 2.75) is 59.3 Å². The van der Waals surface area contributed by atoms with E-state index < -0.39 is 0 Å². The molecule has 2 fully saturated rings. The highest BCUT2D eigenvalue weighted by atomic mass is 16.1. The first kappa shape index (κ1) is 15.6. The summed E-state index contributed by atoms with van der Waals surface area (Å²) >= 11 is 0. The molecule has 3 rings (SSSR count). The van der Waals surface area contributed by atoms with Gasteiger partial charge in [0, 0.05) is 23.7 Å². The van der Waals surface area contributed by atoms with Crippen molar-refractivity contribution in [1.82, 2.24) is 9.97 Å². The number of nitrogens with zero attached hydrogens (tertiary/aromatic N) is 1. The number of primary amides is 1. The molecule has 0 saturated heterocycles. The quantitative estimate of drug-likeness (QED) is 0.809. The maximum absolute atomic E-state index is 11.3.